The molecule has 1 fully saturated rings. The van der Waals surface area contributed by atoms with Crippen molar-refractivity contribution in [2.45, 2.75) is 19.0 Å². The quantitative estimate of drug-likeness (QED) is 0.635. The third-order valence-electron chi connectivity index (χ3n) is 3.11. The highest BCUT2D eigenvalue weighted by Gasteiger charge is 2.16. The van der Waals surface area contributed by atoms with Gasteiger partial charge < -0.3 is 26.4 Å². The van der Waals surface area contributed by atoms with Crippen molar-refractivity contribution in [1.29, 1.82) is 0 Å². The molecule has 0 bridgehead atoms. The third kappa shape index (κ3) is 6.30. The van der Waals surface area contributed by atoms with Gasteiger partial charge in [0.2, 0.25) is 5.91 Å². The van der Waals surface area contributed by atoms with Crippen molar-refractivity contribution >= 4 is 30.0 Å². The van der Waals surface area contributed by atoms with Gasteiger partial charge in [-0.15, -0.1) is 12.4 Å². The summed E-state index contributed by atoms with van der Waals surface area (Å²) in [5.74, 6) is -0.0359. The molecule has 1 aromatic carbocycles. The molecule has 2 rings (SSSR count). The standard InChI is InChI=1S/C14H20N4O3.ClH/c15-14(20)18-11-3-1-2-10(6-11)8-17-13(19)7-12-9-21-5-4-16-12;/h1-3,6,12,16H,4-5,7-9H2,(H,17,19)(H3,15,18,20);1H. The van der Waals surface area contributed by atoms with Crippen molar-refractivity contribution in [2.24, 2.45) is 5.73 Å². The Morgan fingerprint density at radius 1 is 1.41 bits per heavy atom. The number of rotatable bonds is 5. The summed E-state index contributed by atoms with van der Waals surface area (Å²) in [5.41, 5.74) is 6.56. The van der Waals surface area contributed by atoms with E-state index in [2.05, 4.69) is 16.0 Å². The first-order valence-corrected chi connectivity index (χ1v) is 6.87. The van der Waals surface area contributed by atoms with E-state index in [0.717, 1.165) is 12.1 Å². The third-order valence-corrected chi connectivity index (χ3v) is 3.11. The predicted molar refractivity (Wildman–Crippen MR) is 86.0 cm³/mol. The highest BCUT2D eigenvalue weighted by molar-refractivity contribution is 5.87. The average Bonchev–Trinajstić information content (AvgIpc) is 2.46. The Labute approximate surface area is 135 Å². The molecule has 1 aliphatic rings. The lowest BCUT2D eigenvalue weighted by molar-refractivity contribution is -0.122. The van der Waals surface area contributed by atoms with E-state index in [0.29, 0.717) is 31.9 Å². The summed E-state index contributed by atoms with van der Waals surface area (Å²) >= 11 is 0. The van der Waals surface area contributed by atoms with Gasteiger partial charge in [-0.1, -0.05) is 12.1 Å². The topological polar surface area (TPSA) is 105 Å². The Morgan fingerprint density at radius 2 is 2.23 bits per heavy atom. The number of anilines is 1. The highest BCUT2D eigenvalue weighted by Crippen LogP contribution is 2.10. The van der Waals surface area contributed by atoms with Gasteiger partial charge in [0.25, 0.3) is 0 Å². The zero-order valence-corrected chi connectivity index (χ0v) is 12.9. The molecular formula is C14H21ClN4O3. The lowest BCUT2D eigenvalue weighted by Crippen LogP contribution is -2.44. The first kappa shape index (κ1) is 18.2. The Bertz CT molecular complexity index is 507. The van der Waals surface area contributed by atoms with Crippen LogP contribution in [0.15, 0.2) is 24.3 Å². The van der Waals surface area contributed by atoms with Crippen LogP contribution in [-0.4, -0.2) is 37.7 Å². The Morgan fingerprint density at radius 3 is 2.91 bits per heavy atom. The van der Waals surface area contributed by atoms with Crippen LogP contribution >= 0.6 is 12.4 Å². The maximum absolute atomic E-state index is 11.9. The van der Waals surface area contributed by atoms with Crippen molar-refractivity contribution in [3.8, 4) is 0 Å². The summed E-state index contributed by atoms with van der Waals surface area (Å²) in [4.78, 5) is 22.6. The molecule has 22 heavy (non-hydrogen) atoms. The largest absolute Gasteiger partial charge is 0.378 e. The molecule has 1 aromatic rings. The van der Waals surface area contributed by atoms with Gasteiger partial charge in [0.1, 0.15) is 0 Å². The van der Waals surface area contributed by atoms with Gasteiger partial charge in [0.15, 0.2) is 0 Å². The monoisotopic (exact) mass is 328 g/mol. The van der Waals surface area contributed by atoms with E-state index in [9.17, 15) is 9.59 Å². The number of carbonyl (C=O) groups is 2. The first-order chi connectivity index (χ1) is 10.1. The van der Waals surface area contributed by atoms with Crippen LogP contribution in [0.25, 0.3) is 0 Å². The average molecular weight is 329 g/mol. The van der Waals surface area contributed by atoms with Gasteiger partial charge in [0.05, 0.1) is 13.2 Å². The van der Waals surface area contributed by atoms with Crippen LogP contribution in [0.2, 0.25) is 0 Å². The predicted octanol–water partition coefficient (Wildman–Crippen LogP) is 0.594. The van der Waals surface area contributed by atoms with Crippen LogP contribution in [0.1, 0.15) is 12.0 Å². The van der Waals surface area contributed by atoms with Gasteiger partial charge in [-0.3, -0.25) is 4.79 Å². The lowest BCUT2D eigenvalue weighted by atomic mass is 10.1. The Hall–Kier alpha value is -1.83. The summed E-state index contributed by atoms with van der Waals surface area (Å²) in [7, 11) is 0. The number of amides is 3. The molecule has 1 saturated heterocycles. The molecule has 3 amide bonds. The molecule has 0 radical (unpaired) electrons. The number of carbonyl (C=O) groups excluding carboxylic acids is 2. The molecular weight excluding hydrogens is 308 g/mol. The van der Waals surface area contributed by atoms with E-state index in [1.165, 1.54) is 0 Å². The molecule has 0 saturated carbocycles. The van der Waals surface area contributed by atoms with E-state index < -0.39 is 6.03 Å². The van der Waals surface area contributed by atoms with Gasteiger partial charge in [0, 0.05) is 31.2 Å². The fourth-order valence-corrected chi connectivity index (χ4v) is 2.15. The van der Waals surface area contributed by atoms with Crippen LogP contribution in [0.3, 0.4) is 0 Å². The fraction of sp³-hybridized carbons (Fsp3) is 0.429. The molecule has 1 heterocycles. The second kappa shape index (κ2) is 9.24. The maximum Gasteiger partial charge on any atom is 0.316 e. The number of nitrogens with one attached hydrogen (secondary N) is 3. The second-order valence-corrected chi connectivity index (χ2v) is 4.90. The van der Waals surface area contributed by atoms with Gasteiger partial charge in [-0.2, -0.15) is 0 Å². The smallest absolute Gasteiger partial charge is 0.316 e. The summed E-state index contributed by atoms with van der Waals surface area (Å²) in [6, 6.07) is 6.63. The van der Waals surface area contributed by atoms with Crippen LogP contribution < -0.4 is 21.7 Å². The van der Waals surface area contributed by atoms with Crippen molar-refractivity contribution in [3.05, 3.63) is 29.8 Å². The Kier molecular flexibility index (Phi) is 7.65. The molecule has 1 unspecified atom stereocenters. The van der Waals surface area contributed by atoms with Gasteiger partial charge >= 0.3 is 6.03 Å². The van der Waals surface area contributed by atoms with Crippen molar-refractivity contribution in [1.82, 2.24) is 10.6 Å². The number of benzene rings is 1. The van der Waals surface area contributed by atoms with Crippen LogP contribution in [0, 0.1) is 0 Å². The minimum absolute atomic E-state index is 0. The molecule has 5 N–H and O–H groups in total. The van der Waals surface area contributed by atoms with E-state index in [1.807, 2.05) is 6.07 Å². The molecule has 122 valence electrons. The lowest BCUT2D eigenvalue weighted by Gasteiger charge is -2.23. The van der Waals surface area contributed by atoms with E-state index in [-0.39, 0.29) is 24.4 Å². The minimum Gasteiger partial charge on any atom is -0.378 e. The number of ether oxygens (including phenoxy) is 1. The number of halogens is 1. The highest BCUT2D eigenvalue weighted by atomic mass is 35.5. The van der Waals surface area contributed by atoms with E-state index in [4.69, 9.17) is 10.5 Å². The summed E-state index contributed by atoms with van der Waals surface area (Å²) < 4.78 is 5.30. The molecule has 0 aromatic heterocycles. The number of primary amides is 1. The van der Waals surface area contributed by atoms with Gasteiger partial charge in [-0.25, -0.2) is 4.79 Å². The maximum atomic E-state index is 11.9. The van der Waals surface area contributed by atoms with Crippen LogP contribution in [-0.2, 0) is 16.1 Å². The summed E-state index contributed by atoms with van der Waals surface area (Å²) in [6.07, 6.45) is 0.388. The molecule has 0 spiro atoms. The Balaban J connectivity index is 0.00000242. The van der Waals surface area contributed by atoms with Crippen LogP contribution in [0.5, 0.6) is 0 Å². The number of morpholine rings is 1. The number of hydrogen-bond acceptors (Lipinski definition) is 4. The molecule has 8 heteroatoms. The van der Waals surface area contributed by atoms with Crippen molar-refractivity contribution < 1.29 is 14.3 Å². The summed E-state index contributed by atoms with van der Waals surface area (Å²) in [5, 5.41) is 8.58. The molecule has 7 nitrogen and oxygen atoms in total. The summed E-state index contributed by atoms with van der Waals surface area (Å²) in [6.45, 7) is 2.43. The van der Waals surface area contributed by atoms with Gasteiger partial charge in [-0.05, 0) is 17.7 Å². The van der Waals surface area contributed by atoms with Crippen molar-refractivity contribution in [3.63, 3.8) is 0 Å². The SMILES string of the molecule is Cl.NC(=O)Nc1cccc(CNC(=O)CC2COCCN2)c1. The zero-order valence-electron chi connectivity index (χ0n) is 12.1. The zero-order chi connectivity index (χ0) is 15.1. The fourth-order valence-electron chi connectivity index (χ4n) is 2.15. The molecule has 1 aliphatic heterocycles. The van der Waals surface area contributed by atoms with E-state index >= 15 is 0 Å². The molecule has 1 atom stereocenters. The first-order valence-electron chi connectivity index (χ1n) is 6.87. The second-order valence-electron chi connectivity index (χ2n) is 4.90. The number of urea groups is 1. The minimum atomic E-state index is -0.612. The van der Waals surface area contributed by atoms with Crippen molar-refractivity contribution in [2.75, 3.05) is 25.1 Å². The number of hydrogen-bond donors (Lipinski definition) is 4. The number of nitrogens with two attached hydrogens (primary N) is 1. The molecule has 0 aliphatic carbocycles. The van der Waals surface area contributed by atoms with Crippen LogP contribution in [0.4, 0.5) is 10.5 Å². The normalized spacial score (nSPS) is 17.2. The van der Waals surface area contributed by atoms with E-state index in [1.54, 1.807) is 18.2 Å².